The van der Waals surface area contributed by atoms with E-state index in [1.807, 2.05) is 36.4 Å². The number of aliphatic hydroxyl groups is 1. The fourth-order valence-corrected chi connectivity index (χ4v) is 5.60. The Labute approximate surface area is 266 Å². The normalized spacial score (nSPS) is 21.8. The molecule has 2 aliphatic heterocycles. The zero-order valence-corrected chi connectivity index (χ0v) is 24.8. The van der Waals surface area contributed by atoms with Crippen LogP contribution < -0.4 is 14.8 Å². The van der Waals surface area contributed by atoms with Crippen molar-refractivity contribution in [2.45, 2.75) is 30.7 Å². The number of aromatic amines is 2. The highest BCUT2D eigenvalue weighted by molar-refractivity contribution is 5.96. The average Bonchev–Trinajstić information content (AvgIpc) is 3.84. The minimum Gasteiger partial charge on any atom is -0.454 e. The number of ether oxygens (including phenoxy) is 7. The van der Waals surface area contributed by atoms with Gasteiger partial charge in [-0.05, 0) is 36.4 Å². The van der Waals surface area contributed by atoms with Gasteiger partial charge in [0, 0.05) is 40.7 Å². The summed E-state index contributed by atoms with van der Waals surface area (Å²) < 4.78 is 39.6. The lowest BCUT2D eigenvalue weighted by atomic mass is 9.98. The van der Waals surface area contributed by atoms with Crippen LogP contribution in [0.15, 0.2) is 78.9 Å². The lowest BCUT2D eigenvalue weighted by Crippen LogP contribution is -2.63. The molecule has 5 atom stereocenters. The van der Waals surface area contributed by atoms with Gasteiger partial charge in [0.2, 0.25) is 6.79 Å². The molecule has 2 aliphatic rings. The van der Waals surface area contributed by atoms with Crippen molar-refractivity contribution in [3.63, 3.8) is 0 Å². The number of benzene rings is 3. The molecule has 7 rings (SSSR count). The van der Waals surface area contributed by atoms with E-state index in [-0.39, 0.29) is 18.2 Å². The molecule has 242 valence electrons. The minimum atomic E-state index is -1.50. The van der Waals surface area contributed by atoms with Gasteiger partial charge in [-0.15, -0.1) is 0 Å². The van der Waals surface area contributed by atoms with Gasteiger partial charge in [-0.3, -0.25) is 5.32 Å². The van der Waals surface area contributed by atoms with Crippen LogP contribution in [0, 0.1) is 0 Å². The summed E-state index contributed by atoms with van der Waals surface area (Å²) in [5.41, 5.74) is 1.92. The van der Waals surface area contributed by atoms with E-state index in [4.69, 9.17) is 33.2 Å². The smallest absolute Gasteiger partial charge is 0.412 e. The Kier molecular flexibility index (Phi) is 8.12. The third-order valence-electron chi connectivity index (χ3n) is 7.85. The highest BCUT2D eigenvalue weighted by Crippen LogP contribution is 2.35. The van der Waals surface area contributed by atoms with Gasteiger partial charge in [-0.2, -0.15) is 0 Å². The molecule has 1 amide bonds. The number of rotatable bonds is 8. The number of para-hydroxylation sites is 2. The van der Waals surface area contributed by atoms with E-state index in [0.29, 0.717) is 28.2 Å². The van der Waals surface area contributed by atoms with Gasteiger partial charge in [-0.1, -0.05) is 36.4 Å². The number of hydrogen-bond donors (Lipinski definition) is 4. The van der Waals surface area contributed by atoms with Gasteiger partial charge in [0.25, 0.3) is 0 Å². The fraction of sp³-hybridized carbons (Fsp3) is 0.242. The van der Waals surface area contributed by atoms with Crippen LogP contribution in [0.4, 0.5) is 10.5 Å². The molecular weight excluding hydrogens is 614 g/mol. The molecule has 0 spiro atoms. The molecule has 0 aliphatic carbocycles. The number of amides is 1. The summed E-state index contributed by atoms with van der Waals surface area (Å²) in [4.78, 5) is 46.3. The van der Waals surface area contributed by atoms with Crippen LogP contribution in [-0.2, 0) is 23.7 Å². The van der Waals surface area contributed by atoms with E-state index < -0.39 is 55.3 Å². The topological polar surface area (TPSA) is 180 Å². The van der Waals surface area contributed by atoms with Crippen LogP contribution >= 0.6 is 0 Å². The zero-order chi connectivity index (χ0) is 32.5. The van der Waals surface area contributed by atoms with E-state index in [1.165, 1.54) is 7.11 Å². The Balaban J connectivity index is 1.19. The molecule has 4 heterocycles. The number of aromatic nitrogens is 2. The third-order valence-corrected chi connectivity index (χ3v) is 7.85. The lowest BCUT2D eigenvalue weighted by molar-refractivity contribution is -0.291. The molecular formula is C33H29N3O11. The van der Waals surface area contributed by atoms with E-state index >= 15 is 0 Å². The van der Waals surface area contributed by atoms with Crippen molar-refractivity contribution in [3.05, 3.63) is 90.3 Å². The van der Waals surface area contributed by atoms with E-state index in [2.05, 4.69) is 15.3 Å². The predicted molar refractivity (Wildman–Crippen MR) is 164 cm³/mol. The number of methoxy groups -OCH3 is 1. The van der Waals surface area contributed by atoms with Crippen LogP contribution in [0.1, 0.15) is 21.0 Å². The van der Waals surface area contributed by atoms with E-state index in [9.17, 15) is 19.5 Å². The van der Waals surface area contributed by atoms with Crippen LogP contribution in [0.25, 0.3) is 21.8 Å². The van der Waals surface area contributed by atoms with E-state index in [0.717, 1.165) is 10.8 Å². The summed E-state index contributed by atoms with van der Waals surface area (Å²) in [7, 11) is 1.30. The second-order valence-corrected chi connectivity index (χ2v) is 10.8. The van der Waals surface area contributed by atoms with Gasteiger partial charge in [-0.25, -0.2) is 14.4 Å². The molecule has 5 aromatic rings. The second kappa shape index (κ2) is 12.7. The van der Waals surface area contributed by atoms with Crippen molar-refractivity contribution in [2.24, 2.45) is 0 Å². The van der Waals surface area contributed by atoms with Crippen molar-refractivity contribution >= 4 is 45.5 Å². The maximum Gasteiger partial charge on any atom is 0.412 e. The van der Waals surface area contributed by atoms with Gasteiger partial charge in [0.05, 0.1) is 6.61 Å². The first-order valence-corrected chi connectivity index (χ1v) is 14.6. The molecule has 0 saturated carbocycles. The summed E-state index contributed by atoms with van der Waals surface area (Å²) in [6.07, 6.45) is -7.95. The van der Waals surface area contributed by atoms with Crippen molar-refractivity contribution < 1.29 is 52.6 Å². The Morgan fingerprint density at radius 2 is 1.40 bits per heavy atom. The molecule has 4 N–H and O–H groups in total. The largest absolute Gasteiger partial charge is 0.454 e. The molecule has 3 aromatic carbocycles. The fourth-order valence-electron chi connectivity index (χ4n) is 5.60. The van der Waals surface area contributed by atoms with E-state index in [1.54, 1.807) is 42.5 Å². The molecule has 0 radical (unpaired) electrons. The van der Waals surface area contributed by atoms with Crippen LogP contribution in [0.3, 0.4) is 0 Å². The zero-order valence-electron chi connectivity index (χ0n) is 24.8. The predicted octanol–water partition coefficient (Wildman–Crippen LogP) is 4.11. The van der Waals surface area contributed by atoms with Crippen molar-refractivity contribution in [1.82, 2.24) is 9.97 Å². The first kappa shape index (κ1) is 30.1. The molecule has 1 fully saturated rings. The van der Waals surface area contributed by atoms with Gasteiger partial charge in [0.1, 0.15) is 17.5 Å². The van der Waals surface area contributed by atoms with Crippen molar-refractivity contribution in [2.75, 3.05) is 25.8 Å². The number of nitrogens with one attached hydrogen (secondary N) is 3. The molecule has 1 saturated heterocycles. The molecule has 2 aromatic heterocycles. The Bertz CT molecular complexity index is 1890. The quantitative estimate of drug-likeness (QED) is 0.141. The van der Waals surface area contributed by atoms with Gasteiger partial charge in [0.15, 0.2) is 36.1 Å². The molecule has 14 heteroatoms. The Hall–Kier alpha value is -5.57. The number of carbonyl (C=O) groups excluding carboxylic acids is 3. The average molecular weight is 644 g/mol. The number of carbonyl (C=O) groups is 3. The van der Waals surface area contributed by atoms with Crippen LogP contribution in [-0.4, -0.2) is 84.3 Å². The van der Waals surface area contributed by atoms with Crippen molar-refractivity contribution in [1.29, 1.82) is 0 Å². The summed E-state index contributed by atoms with van der Waals surface area (Å²) in [5.74, 6) is -0.709. The van der Waals surface area contributed by atoms with Gasteiger partial charge < -0.3 is 48.2 Å². The highest BCUT2D eigenvalue weighted by atomic mass is 16.7. The maximum absolute atomic E-state index is 13.6. The number of hydrogen-bond acceptors (Lipinski definition) is 11. The SMILES string of the molecule is CO[C@H]1O[C@H](CO)[C@@H](OC(=O)Nc2ccc3c(c2)OCO3)[C@H](OC(=O)c2cc3ccccc3[nH]2)[C@@H]1OC(=O)c1cc2ccccc2[nH]1. The summed E-state index contributed by atoms with van der Waals surface area (Å²) >= 11 is 0. The first-order chi connectivity index (χ1) is 22.9. The second-order valence-electron chi connectivity index (χ2n) is 10.8. The number of aliphatic hydroxyl groups excluding tert-OH is 1. The minimum absolute atomic E-state index is 0.0452. The Morgan fingerprint density at radius 3 is 2.02 bits per heavy atom. The Morgan fingerprint density at radius 1 is 0.787 bits per heavy atom. The number of H-pyrrole nitrogens is 2. The van der Waals surface area contributed by atoms with Crippen molar-refractivity contribution in [3.8, 4) is 11.5 Å². The summed E-state index contributed by atoms with van der Waals surface area (Å²) in [6.45, 7) is -0.617. The van der Waals surface area contributed by atoms with Gasteiger partial charge >= 0.3 is 18.0 Å². The monoisotopic (exact) mass is 643 g/mol. The molecule has 0 bridgehead atoms. The standard InChI is InChI=1S/C33H29N3O11/c1-41-32-29(46-31(39)23-13-18-7-3-5-9-21(18)36-23)28(45-30(38)22-12-17-6-2-4-8-20(17)35-22)27(26(15-37)44-32)47-33(40)34-19-10-11-24-25(14-19)43-16-42-24/h2-14,26-29,32,35-37H,15-16H2,1H3,(H,34,40)/t26-,27-,28+,29+,32+/m1/s1. The molecule has 0 unspecified atom stereocenters. The first-order valence-electron chi connectivity index (χ1n) is 14.6. The molecule has 47 heavy (non-hydrogen) atoms. The molecule has 14 nitrogen and oxygen atoms in total. The maximum atomic E-state index is 13.6. The highest BCUT2D eigenvalue weighted by Gasteiger charge is 2.53. The number of anilines is 1. The summed E-state index contributed by atoms with van der Waals surface area (Å²) in [5, 5.41) is 14.4. The number of esters is 2. The van der Waals surface area contributed by atoms with Crippen LogP contribution in [0.5, 0.6) is 11.5 Å². The lowest BCUT2D eigenvalue weighted by Gasteiger charge is -2.43. The summed E-state index contributed by atoms with van der Waals surface area (Å²) in [6, 6.07) is 22.4. The van der Waals surface area contributed by atoms with Crippen LogP contribution in [0.2, 0.25) is 0 Å². The third kappa shape index (κ3) is 6.04. The number of fused-ring (bicyclic) bond motifs is 3.